The van der Waals surface area contributed by atoms with E-state index < -0.39 is 61.3 Å². The molecule has 0 fully saturated rings. The van der Waals surface area contributed by atoms with Gasteiger partial charge in [-0.2, -0.15) is 13.2 Å². The smallest absolute Gasteiger partial charge is 0.430 e. The molecule has 0 bridgehead atoms. The zero-order valence-corrected chi connectivity index (χ0v) is 38.3. The molecule has 0 aromatic rings. The highest BCUT2D eigenvalue weighted by Crippen LogP contribution is 2.37. The number of hydrogen-bond acceptors (Lipinski definition) is 16. The predicted molar refractivity (Wildman–Crippen MR) is 212 cm³/mol. The van der Waals surface area contributed by atoms with Crippen molar-refractivity contribution in [3.05, 3.63) is 12.2 Å². The standard InChI is InChI=1S/C21H31BrN2O8.C14H26BrNO5.C2HF3O2/c1-20(2,14-21(3,22)19(29)32-13-12-30-4)18(28)31-11-5-9-23-15(25)8-10-24-16(26)6-7-17(24)27;1-13(2,11(17)20-7-5-6-16)10-14(3,15)12(18)21-9-8-19-4;3-2(4,5)1(6)7/h6-7H,5,8-14H2,1-4H3,(H,23,25);5-10,16H2,1-4H3;(H,6,7)/p-1. The van der Waals surface area contributed by atoms with Gasteiger partial charge in [-0.15, -0.1) is 0 Å². The maximum atomic E-state index is 12.5. The van der Waals surface area contributed by atoms with Gasteiger partial charge in [-0.3, -0.25) is 38.5 Å². The molecule has 18 nitrogen and oxygen atoms in total. The fourth-order valence-electron chi connectivity index (χ4n) is 4.74. The van der Waals surface area contributed by atoms with Crippen molar-refractivity contribution in [2.45, 2.75) is 88.5 Å². The highest BCUT2D eigenvalue weighted by atomic mass is 79.9. The first-order valence-corrected chi connectivity index (χ1v) is 19.9. The van der Waals surface area contributed by atoms with Crippen LogP contribution in [0.5, 0.6) is 0 Å². The van der Waals surface area contributed by atoms with Crippen molar-refractivity contribution in [3.63, 3.8) is 0 Å². The summed E-state index contributed by atoms with van der Waals surface area (Å²) in [5.41, 5.74) is 3.59. The molecule has 23 heteroatoms. The van der Waals surface area contributed by atoms with Crippen molar-refractivity contribution < 1.29 is 85.1 Å². The minimum Gasteiger partial charge on any atom is -0.542 e. The molecule has 3 N–H and O–H groups in total. The van der Waals surface area contributed by atoms with Crippen molar-refractivity contribution in [1.29, 1.82) is 0 Å². The number of esters is 4. The van der Waals surface area contributed by atoms with E-state index >= 15 is 0 Å². The van der Waals surface area contributed by atoms with E-state index in [1.54, 1.807) is 41.5 Å². The molecular weight excluding hydrogens is 943 g/mol. The van der Waals surface area contributed by atoms with Gasteiger partial charge in [0.2, 0.25) is 5.91 Å². The van der Waals surface area contributed by atoms with Gasteiger partial charge in [0.15, 0.2) is 0 Å². The van der Waals surface area contributed by atoms with Crippen LogP contribution in [0.25, 0.3) is 0 Å². The van der Waals surface area contributed by atoms with Gasteiger partial charge in [0.05, 0.1) is 37.3 Å². The number of nitrogens with zero attached hydrogens (tertiary/aromatic N) is 1. The molecule has 2 unspecified atom stereocenters. The van der Waals surface area contributed by atoms with Crippen LogP contribution in [0.2, 0.25) is 0 Å². The van der Waals surface area contributed by atoms with Gasteiger partial charge in [-0.1, -0.05) is 31.9 Å². The summed E-state index contributed by atoms with van der Waals surface area (Å²) >= 11 is 6.68. The Kier molecular flexibility index (Phi) is 27.3. The van der Waals surface area contributed by atoms with E-state index in [2.05, 4.69) is 37.2 Å². The number of carboxylic acid groups (broad SMARTS) is 1. The van der Waals surface area contributed by atoms with Gasteiger partial charge in [0, 0.05) is 45.9 Å². The Bertz CT molecular complexity index is 1420. The normalized spacial score (nSPS) is 14.6. The van der Waals surface area contributed by atoms with E-state index in [4.69, 9.17) is 44.1 Å². The van der Waals surface area contributed by atoms with Crippen LogP contribution in [0.1, 0.15) is 73.6 Å². The van der Waals surface area contributed by atoms with Crippen LogP contribution in [-0.2, 0) is 66.8 Å². The van der Waals surface area contributed by atoms with Crippen LogP contribution >= 0.6 is 31.9 Å². The largest absolute Gasteiger partial charge is 0.542 e. The van der Waals surface area contributed by atoms with E-state index in [0.29, 0.717) is 26.0 Å². The van der Waals surface area contributed by atoms with Crippen molar-refractivity contribution in [3.8, 4) is 0 Å². The van der Waals surface area contributed by atoms with Crippen LogP contribution in [0, 0.1) is 10.8 Å². The maximum absolute atomic E-state index is 12.5. The number of carbonyl (C=O) groups excluding carboxylic acids is 8. The van der Waals surface area contributed by atoms with Crippen LogP contribution < -0.4 is 16.2 Å². The summed E-state index contributed by atoms with van der Waals surface area (Å²) in [5.74, 6) is -5.93. The van der Waals surface area contributed by atoms with Crippen molar-refractivity contribution in [2.75, 3.05) is 73.5 Å². The summed E-state index contributed by atoms with van der Waals surface area (Å²) in [4.78, 5) is 93.2. The fraction of sp³-hybridized carbons (Fsp3) is 0.730. The van der Waals surface area contributed by atoms with Gasteiger partial charge in [0.25, 0.3) is 11.8 Å². The van der Waals surface area contributed by atoms with Crippen molar-refractivity contribution >= 4 is 79.4 Å². The Hall–Kier alpha value is -3.67. The van der Waals surface area contributed by atoms with E-state index in [1.165, 1.54) is 26.4 Å². The van der Waals surface area contributed by atoms with Crippen molar-refractivity contribution in [2.24, 2.45) is 16.6 Å². The molecule has 1 aliphatic rings. The number of carbonyl (C=O) groups is 8. The van der Waals surface area contributed by atoms with Gasteiger partial charge in [0.1, 0.15) is 27.8 Å². The monoisotopic (exact) mass is 998 g/mol. The minimum absolute atomic E-state index is 0.00368. The summed E-state index contributed by atoms with van der Waals surface area (Å²) in [6, 6.07) is 0. The molecule has 0 spiro atoms. The minimum atomic E-state index is -5.19. The SMILES string of the molecule is COCCOC(=O)C(C)(Br)CC(C)(C)C(=O)OCCCN.COCCOC(=O)C(C)(Br)CC(C)(C)C(=O)OCCCNC(=O)CCN1C(=O)C=CC1=O.O=C([O-])C(F)(F)F. The highest BCUT2D eigenvalue weighted by Gasteiger charge is 2.43. The molecule has 1 aliphatic heterocycles. The summed E-state index contributed by atoms with van der Waals surface area (Å²) in [6.07, 6.45) is -1.45. The van der Waals surface area contributed by atoms with Gasteiger partial charge in [-0.25, -0.2) is 0 Å². The molecule has 1 heterocycles. The Morgan fingerprint density at radius 1 is 0.683 bits per heavy atom. The Morgan fingerprint density at radius 2 is 1.05 bits per heavy atom. The Labute approximate surface area is 364 Å². The van der Waals surface area contributed by atoms with Gasteiger partial charge >= 0.3 is 30.1 Å². The zero-order chi connectivity index (χ0) is 47.0. The second-order valence-electron chi connectivity index (χ2n) is 14.6. The Morgan fingerprint density at radius 3 is 1.40 bits per heavy atom. The van der Waals surface area contributed by atoms with E-state index in [1.807, 2.05) is 0 Å². The van der Waals surface area contributed by atoms with E-state index in [9.17, 15) is 46.7 Å². The number of hydrogen-bond donors (Lipinski definition) is 2. The molecule has 0 saturated carbocycles. The predicted octanol–water partition coefficient (Wildman–Crippen LogP) is 2.05. The van der Waals surface area contributed by atoms with Crippen LogP contribution in [0.3, 0.4) is 0 Å². The third-order valence-corrected chi connectivity index (χ3v) is 8.91. The second kappa shape index (κ2) is 28.0. The number of rotatable bonds is 24. The fourth-order valence-corrected chi connectivity index (χ4v) is 6.37. The third-order valence-electron chi connectivity index (χ3n) is 7.70. The molecule has 0 saturated heterocycles. The number of methoxy groups -OCH3 is 2. The summed E-state index contributed by atoms with van der Waals surface area (Å²) in [6.45, 7) is 12.2. The maximum Gasteiger partial charge on any atom is 0.430 e. The second-order valence-corrected chi connectivity index (χ2v) is 18.1. The van der Waals surface area contributed by atoms with E-state index in [0.717, 1.165) is 4.90 Å². The number of halogens is 5. The number of nitrogens with one attached hydrogen (secondary N) is 1. The molecule has 346 valence electrons. The molecular formula is C37H57Br2F3N3O15-. The molecule has 3 amide bonds. The lowest BCUT2D eigenvalue weighted by Gasteiger charge is -2.30. The lowest BCUT2D eigenvalue weighted by molar-refractivity contribution is -0.344. The number of nitrogens with two attached hydrogens (primary N) is 1. The van der Waals surface area contributed by atoms with E-state index in [-0.39, 0.29) is 77.3 Å². The average Bonchev–Trinajstić information content (AvgIpc) is 3.45. The molecule has 2 atom stereocenters. The number of ether oxygens (including phenoxy) is 6. The van der Waals surface area contributed by atoms with Gasteiger partial charge < -0.3 is 49.4 Å². The van der Waals surface area contributed by atoms with Gasteiger partial charge in [-0.05, 0) is 73.8 Å². The molecule has 0 aromatic carbocycles. The number of amides is 3. The first kappa shape index (κ1) is 58.4. The van der Waals surface area contributed by atoms with Crippen molar-refractivity contribution in [1.82, 2.24) is 10.2 Å². The van der Waals surface area contributed by atoms with Crippen LogP contribution in [-0.4, -0.2) is 141 Å². The molecule has 1 rings (SSSR count). The number of imide groups is 1. The topological polar surface area (TPSA) is 256 Å². The first-order chi connectivity index (χ1) is 27.5. The highest BCUT2D eigenvalue weighted by molar-refractivity contribution is 9.10. The first-order valence-electron chi connectivity index (χ1n) is 18.4. The molecule has 0 aromatic heterocycles. The summed E-state index contributed by atoms with van der Waals surface area (Å²) in [5, 5.41) is 11.4. The molecule has 60 heavy (non-hydrogen) atoms. The summed E-state index contributed by atoms with van der Waals surface area (Å²) in [7, 11) is 3.03. The zero-order valence-electron chi connectivity index (χ0n) is 35.1. The lowest BCUT2D eigenvalue weighted by Crippen LogP contribution is -2.40. The quantitative estimate of drug-likeness (QED) is 0.0461. The number of carboxylic acids is 1. The third kappa shape index (κ3) is 24.6. The molecule has 0 radical (unpaired) electrons. The van der Waals surface area contributed by atoms with Crippen LogP contribution in [0.15, 0.2) is 12.2 Å². The Balaban J connectivity index is 0. The lowest BCUT2D eigenvalue weighted by atomic mass is 9.83. The summed E-state index contributed by atoms with van der Waals surface area (Å²) < 4.78 is 59.9. The number of aliphatic carboxylic acids is 1. The molecule has 0 aliphatic carbocycles. The van der Waals surface area contributed by atoms with Crippen LogP contribution in [0.4, 0.5) is 13.2 Å². The average molecular weight is 1000 g/mol. The number of alkyl halides is 5.